The van der Waals surface area contributed by atoms with E-state index in [1.807, 2.05) is 43.3 Å². The molecule has 0 amide bonds. The number of ether oxygens (including phenoxy) is 1. The average molecular weight is 446 g/mol. The number of anilines is 1. The van der Waals surface area contributed by atoms with Crippen LogP contribution in [0.2, 0.25) is 0 Å². The summed E-state index contributed by atoms with van der Waals surface area (Å²) in [4.78, 5) is 27.2. The van der Waals surface area contributed by atoms with Gasteiger partial charge in [-0.15, -0.1) is 0 Å². The zero-order chi connectivity index (χ0) is 22.9. The highest BCUT2D eigenvalue weighted by Gasteiger charge is 2.27. The van der Waals surface area contributed by atoms with E-state index in [2.05, 4.69) is 15.0 Å². The first-order valence-corrected chi connectivity index (χ1v) is 11.3. The van der Waals surface area contributed by atoms with Gasteiger partial charge in [0.2, 0.25) is 5.95 Å². The molecule has 1 fully saturated rings. The SMILES string of the molecule is Cc1nc(N)nc2c1cc(-c1cnc3ccccc3c1)c(=O)n2C1CCC(OCCO)CC1. The molecule has 1 saturated carbocycles. The zero-order valence-corrected chi connectivity index (χ0v) is 18.6. The van der Waals surface area contributed by atoms with Gasteiger partial charge in [0.1, 0.15) is 5.65 Å². The largest absolute Gasteiger partial charge is 0.394 e. The van der Waals surface area contributed by atoms with Gasteiger partial charge in [0.15, 0.2) is 0 Å². The lowest BCUT2D eigenvalue weighted by molar-refractivity contribution is 0.00169. The number of benzene rings is 1. The molecule has 0 unspecified atom stereocenters. The maximum absolute atomic E-state index is 13.9. The molecule has 1 aromatic carbocycles. The second-order valence-electron chi connectivity index (χ2n) is 8.58. The number of nitrogen functional groups attached to an aromatic ring is 1. The predicted octanol–water partition coefficient (Wildman–Crippen LogP) is 3.39. The van der Waals surface area contributed by atoms with E-state index in [1.54, 1.807) is 10.8 Å². The fourth-order valence-electron chi connectivity index (χ4n) is 4.83. The summed E-state index contributed by atoms with van der Waals surface area (Å²) in [5.41, 5.74) is 9.41. The third-order valence-corrected chi connectivity index (χ3v) is 6.45. The standard InChI is InChI=1S/C25H27N5O3/c1-15-20-13-21(17-12-16-4-2-3-5-22(16)27-14-17)24(32)30(23(20)29-25(26)28-15)18-6-8-19(9-7-18)33-11-10-31/h2-5,12-14,18-19,31H,6-11H2,1H3,(H2,26,28,29). The van der Waals surface area contributed by atoms with E-state index < -0.39 is 0 Å². The van der Waals surface area contributed by atoms with Crippen LogP contribution in [0.4, 0.5) is 5.95 Å². The van der Waals surface area contributed by atoms with E-state index >= 15 is 0 Å². The van der Waals surface area contributed by atoms with E-state index in [-0.39, 0.29) is 30.3 Å². The summed E-state index contributed by atoms with van der Waals surface area (Å²) in [6.07, 6.45) is 5.06. The van der Waals surface area contributed by atoms with Gasteiger partial charge < -0.3 is 15.6 Å². The lowest BCUT2D eigenvalue weighted by Crippen LogP contribution is -2.32. The van der Waals surface area contributed by atoms with Crippen molar-refractivity contribution in [2.45, 2.75) is 44.8 Å². The van der Waals surface area contributed by atoms with Crippen LogP contribution < -0.4 is 11.3 Å². The normalized spacial score (nSPS) is 18.7. The van der Waals surface area contributed by atoms with E-state index in [9.17, 15) is 4.79 Å². The maximum Gasteiger partial charge on any atom is 0.260 e. The van der Waals surface area contributed by atoms with Crippen molar-refractivity contribution in [1.82, 2.24) is 19.5 Å². The number of nitrogens with zero attached hydrogens (tertiary/aromatic N) is 4. The van der Waals surface area contributed by atoms with Gasteiger partial charge in [-0.2, -0.15) is 4.98 Å². The molecule has 3 heterocycles. The minimum atomic E-state index is -0.100. The summed E-state index contributed by atoms with van der Waals surface area (Å²) >= 11 is 0. The minimum absolute atomic E-state index is 0.0152. The van der Waals surface area contributed by atoms with Gasteiger partial charge in [-0.25, -0.2) is 4.98 Å². The van der Waals surface area contributed by atoms with Crippen LogP contribution >= 0.6 is 0 Å². The Bertz CT molecular complexity index is 1380. The van der Waals surface area contributed by atoms with Gasteiger partial charge in [0.05, 0.1) is 30.5 Å². The number of hydrogen-bond acceptors (Lipinski definition) is 7. The van der Waals surface area contributed by atoms with Crippen molar-refractivity contribution in [3.8, 4) is 11.1 Å². The van der Waals surface area contributed by atoms with Gasteiger partial charge in [-0.05, 0) is 50.8 Å². The number of para-hydroxylation sites is 1. The van der Waals surface area contributed by atoms with Crippen LogP contribution in [0.15, 0.2) is 47.4 Å². The van der Waals surface area contributed by atoms with Crippen molar-refractivity contribution >= 4 is 27.9 Å². The van der Waals surface area contributed by atoms with Crippen molar-refractivity contribution in [3.63, 3.8) is 0 Å². The Labute approximate surface area is 191 Å². The molecule has 3 aromatic heterocycles. The van der Waals surface area contributed by atoms with Crippen molar-refractivity contribution in [3.05, 3.63) is 58.6 Å². The maximum atomic E-state index is 13.9. The van der Waals surface area contributed by atoms with Crippen LogP contribution in [0, 0.1) is 6.92 Å². The number of fused-ring (bicyclic) bond motifs is 2. The smallest absolute Gasteiger partial charge is 0.260 e. The monoisotopic (exact) mass is 445 g/mol. The number of pyridine rings is 2. The van der Waals surface area contributed by atoms with E-state index in [4.69, 9.17) is 15.6 Å². The molecule has 4 aromatic rings. The summed E-state index contributed by atoms with van der Waals surface area (Å²) in [6, 6.07) is 11.7. The Morgan fingerprint density at radius 1 is 1.15 bits per heavy atom. The topological polar surface area (TPSA) is 116 Å². The molecule has 1 aliphatic rings. The molecule has 8 heteroatoms. The van der Waals surface area contributed by atoms with Crippen molar-refractivity contribution in [2.24, 2.45) is 0 Å². The highest BCUT2D eigenvalue weighted by molar-refractivity contribution is 5.87. The Morgan fingerprint density at radius 2 is 1.94 bits per heavy atom. The predicted molar refractivity (Wildman–Crippen MR) is 128 cm³/mol. The molecule has 33 heavy (non-hydrogen) atoms. The summed E-state index contributed by atoms with van der Waals surface area (Å²) in [5, 5.41) is 10.8. The molecule has 170 valence electrons. The summed E-state index contributed by atoms with van der Waals surface area (Å²) in [5.74, 6) is 0.160. The minimum Gasteiger partial charge on any atom is -0.394 e. The number of hydrogen-bond donors (Lipinski definition) is 2. The fraction of sp³-hybridized carbons (Fsp3) is 0.360. The Balaban J connectivity index is 1.64. The molecule has 0 spiro atoms. The summed E-state index contributed by atoms with van der Waals surface area (Å²) < 4.78 is 7.51. The average Bonchev–Trinajstić information content (AvgIpc) is 2.82. The highest BCUT2D eigenvalue weighted by Crippen LogP contribution is 2.33. The second-order valence-corrected chi connectivity index (χ2v) is 8.58. The molecule has 3 N–H and O–H groups in total. The van der Waals surface area contributed by atoms with Gasteiger partial charge in [0, 0.05) is 34.1 Å². The lowest BCUT2D eigenvalue weighted by atomic mass is 9.92. The summed E-state index contributed by atoms with van der Waals surface area (Å²) in [7, 11) is 0. The number of aliphatic hydroxyl groups excluding tert-OH is 1. The quantitative estimate of drug-likeness (QED) is 0.484. The number of aromatic nitrogens is 4. The number of nitrogens with two attached hydrogens (primary N) is 1. The first-order chi connectivity index (χ1) is 16.0. The van der Waals surface area contributed by atoms with Crippen LogP contribution in [-0.2, 0) is 4.74 Å². The Morgan fingerprint density at radius 3 is 2.73 bits per heavy atom. The molecule has 1 aliphatic carbocycles. The zero-order valence-electron chi connectivity index (χ0n) is 18.6. The second kappa shape index (κ2) is 8.88. The van der Waals surface area contributed by atoms with E-state index in [0.717, 1.165) is 53.2 Å². The van der Waals surface area contributed by atoms with Gasteiger partial charge >= 0.3 is 0 Å². The van der Waals surface area contributed by atoms with Crippen LogP contribution in [0.3, 0.4) is 0 Å². The first kappa shape index (κ1) is 21.5. The lowest BCUT2D eigenvalue weighted by Gasteiger charge is -2.30. The van der Waals surface area contributed by atoms with Crippen LogP contribution in [0.5, 0.6) is 0 Å². The first-order valence-electron chi connectivity index (χ1n) is 11.3. The molecular formula is C25H27N5O3. The molecule has 0 radical (unpaired) electrons. The number of aliphatic hydroxyl groups is 1. The van der Waals surface area contributed by atoms with Crippen LogP contribution in [0.25, 0.3) is 33.1 Å². The van der Waals surface area contributed by atoms with E-state index in [1.165, 1.54) is 0 Å². The van der Waals surface area contributed by atoms with Gasteiger partial charge in [-0.3, -0.25) is 14.3 Å². The van der Waals surface area contributed by atoms with Crippen LogP contribution in [0.1, 0.15) is 37.4 Å². The summed E-state index contributed by atoms with van der Waals surface area (Å²) in [6.45, 7) is 2.24. The molecular weight excluding hydrogens is 418 g/mol. The molecule has 8 nitrogen and oxygen atoms in total. The molecule has 0 atom stereocenters. The van der Waals surface area contributed by atoms with E-state index in [0.29, 0.717) is 17.8 Å². The Hall–Kier alpha value is -3.36. The molecule has 0 saturated heterocycles. The van der Waals surface area contributed by atoms with Crippen LogP contribution in [-0.4, -0.2) is 43.9 Å². The fourth-order valence-corrected chi connectivity index (χ4v) is 4.83. The third kappa shape index (κ3) is 4.07. The van der Waals surface area contributed by atoms with Gasteiger partial charge in [0.25, 0.3) is 5.56 Å². The van der Waals surface area contributed by atoms with Crippen molar-refractivity contribution in [2.75, 3.05) is 18.9 Å². The van der Waals surface area contributed by atoms with Crippen molar-refractivity contribution < 1.29 is 9.84 Å². The van der Waals surface area contributed by atoms with Crippen molar-refractivity contribution in [1.29, 1.82) is 0 Å². The molecule has 5 rings (SSSR count). The van der Waals surface area contributed by atoms with Gasteiger partial charge in [-0.1, -0.05) is 18.2 Å². The Kier molecular flexibility index (Phi) is 5.78. The molecule has 0 aliphatic heterocycles. The number of aryl methyl sites for hydroxylation is 1. The highest BCUT2D eigenvalue weighted by atomic mass is 16.5. The molecule has 0 bridgehead atoms. The number of rotatable bonds is 5. The third-order valence-electron chi connectivity index (χ3n) is 6.45.